The van der Waals surface area contributed by atoms with Gasteiger partial charge in [-0.15, -0.1) is 0 Å². The van der Waals surface area contributed by atoms with E-state index in [1.165, 1.54) is 0 Å². The van der Waals surface area contributed by atoms with E-state index in [1.54, 1.807) is 6.07 Å². The number of sulfonamides is 1. The Hall–Kier alpha value is -2.58. The zero-order chi connectivity index (χ0) is 24.0. The summed E-state index contributed by atoms with van der Waals surface area (Å²) in [5.74, 6) is 0.00486. The molecule has 1 amide bonds. The van der Waals surface area contributed by atoms with E-state index in [-0.39, 0.29) is 17.8 Å². The van der Waals surface area contributed by atoms with Crippen LogP contribution in [0.25, 0.3) is 0 Å². The third-order valence-electron chi connectivity index (χ3n) is 5.67. The van der Waals surface area contributed by atoms with Crippen LogP contribution in [0.1, 0.15) is 47.7 Å². The summed E-state index contributed by atoms with van der Waals surface area (Å²) >= 11 is 0. The molecule has 33 heavy (non-hydrogen) atoms. The molecule has 1 aliphatic heterocycles. The minimum atomic E-state index is -3.41. The average Bonchev–Trinajstić information content (AvgIpc) is 3.25. The second-order valence-electron chi connectivity index (χ2n) is 8.85. The molecule has 1 aliphatic rings. The van der Waals surface area contributed by atoms with Crippen molar-refractivity contribution in [2.24, 2.45) is 0 Å². The molecular formula is C25H35N3O4S. The van der Waals surface area contributed by atoms with E-state index >= 15 is 0 Å². The lowest BCUT2D eigenvalue weighted by atomic mass is 10.1. The molecule has 0 aliphatic carbocycles. The van der Waals surface area contributed by atoms with Crippen molar-refractivity contribution in [3.05, 3.63) is 59.2 Å². The highest BCUT2D eigenvalue weighted by Gasteiger charge is 2.25. The first-order chi connectivity index (χ1) is 15.7. The third-order valence-corrected chi connectivity index (χ3v) is 7.16. The number of ether oxygens (including phenoxy) is 1. The molecule has 1 N–H and O–H groups in total. The SMILES string of the molecule is CCCS(=O)(=O)Nc1ccc(N(C)C)c(CN(CC2CCCO2)C(=O)c2cccc(C)c2)c1. The third kappa shape index (κ3) is 6.95. The highest BCUT2D eigenvalue weighted by atomic mass is 32.2. The van der Waals surface area contributed by atoms with Gasteiger partial charge in [0.25, 0.3) is 5.91 Å². The average molecular weight is 474 g/mol. The molecule has 180 valence electrons. The Bertz CT molecular complexity index is 1060. The molecule has 1 atom stereocenters. The van der Waals surface area contributed by atoms with E-state index in [2.05, 4.69) is 4.72 Å². The molecule has 2 aromatic carbocycles. The van der Waals surface area contributed by atoms with Crippen LogP contribution < -0.4 is 9.62 Å². The van der Waals surface area contributed by atoms with Crippen LogP contribution in [0, 0.1) is 6.92 Å². The molecule has 8 heteroatoms. The molecule has 0 spiro atoms. The van der Waals surface area contributed by atoms with Crippen molar-refractivity contribution in [3.63, 3.8) is 0 Å². The van der Waals surface area contributed by atoms with Gasteiger partial charge in [-0.05, 0) is 62.1 Å². The summed E-state index contributed by atoms with van der Waals surface area (Å²) in [6, 6.07) is 13.1. The number of amides is 1. The standard InChI is InChI=1S/C25H35N3O4S/c1-5-14-33(30,31)26-22-11-12-24(27(3)4)21(16-22)17-28(18-23-10-7-13-32-23)25(29)20-9-6-8-19(2)15-20/h6,8-9,11-12,15-16,23,26H,5,7,10,13-14,17-18H2,1-4H3. The maximum Gasteiger partial charge on any atom is 0.254 e. The topological polar surface area (TPSA) is 79.0 Å². The van der Waals surface area contributed by atoms with Crippen LogP contribution in [0.2, 0.25) is 0 Å². The molecular weight excluding hydrogens is 438 g/mol. The largest absolute Gasteiger partial charge is 0.377 e. The Morgan fingerprint density at radius 1 is 1.18 bits per heavy atom. The number of hydrogen-bond acceptors (Lipinski definition) is 5. The van der Waals surface area contributed by atoms with Gasteiger partial charge in [0.05, 0.1) is 11.9 Å². The number of anilines is 2. The van der Waals surface area contributed by atoms with Crippen LogP contribution in [0.3, 0.4) is 0 Å². The lowest BCUT2D eigenvalue weighted by Gasteiger charge is -2.28. The van der Waals surface area contributed by atoms with Crippen LogP contribution in [-0.2, 0) is 21.3 Å². The van der Waals surface area contributed by atoms with Gasteiger partial charge >= 0.3 is 0 Å². The van der Waals surface area contributed by atoms with Gasteiger partial charge in [-0.2, -0.15) is 0 Å². The Labute approximate surface area is 197 Å². The quantitative estimate of drug-likeness (QED) is 0.564. The number of carbonyl (C=O) groups is 1. The number of aryl methyl sites for hydroxylation is 1. The van der Waals surface area contributed by atoms with E-state index in [9.17, 15) is 13.2 Å². The Balaban J connectivity index is 1.93. The Morgan fingerprint density at radius 3 is 2.61 bits per heavy atom. The zero-order valence-corrected chi connectivity index (χ0v) is 20.8. The monoisotopic (exact) mass is 473 g/mol. The van der Waals surface area contributed by atoms with Gasteiger partial charge in [-0.25, -0.2) is 8.42 Å². The fraction of sp³-hybridized carbons (Fsp3) is 0.480. The van der Waals surface area contributed by atoms with Gasteiger partial charge in [0.15, 0.2) is 0 Å². The second-order valence-corrected chi connectivity index (χ2v) is 10.7. The van der Waals surface area contributed by atoms with Crippen molar-refractivity contribution in [2.75, 3.05) is 42.6 Å². The molecule has 0 saturated carbocycles. The molecule has 1 unspecified atom stereocenters. The smallest absolute Gasteiger partial charge is 0.254 e. The predicted molar refractivity (Wildman–Crippen MR) is 133 cm³/mol. The fourth-order valence-corrected chi connectivity index (χ4v) is 5.26. The highest BCUT2D eigenvalue weighted by molar-refractivity contribution is 7.92. The van der Waals surface area contributed by atoms with E-state index in [0.29, 0.717) is 30.8 Å². The number of nitrogens with zero attached hydrogens (tertiary/aromatic N) is 2. The van der Waals surface area contributed by atoms with Gasteiger partial charge in [-0.3, -0.25) is 9.52 Å². The molecule has 0 radical (unpaired) electrons. The van der Waals surface area contributed by atoms with Gasteiger partial charge in [0.2, 0.25) is 10.0 Å². The van der Waals surface area contributed by atoms with Crippen LogP contribution in [-0.4, -0.2) is 58.3 Å². The van der Waals surface area contributed by atoms with Gasteiger partial charge in [-0.1, -0.05) is 24.6 Å². The fourth-order valence-electron chi connectivity index (χ4n) is 4.13. The van der Waals surface area contributed by atoms with Crippen molar-refractivity contribution in [3.8, 4) is 0 Å². The minimum Gasteiger partial charge on any atom is -0.377 e. The highest BCUT2D eigenvalue weighted by Crippen LogP contribution is 2.27. The first-order valence-corrected chi connectivity index (χ1v) is 13.1. The maximum absolute atomic E-state index is 13.5. The predicted octanol–water partition coefficient (Wildman–Crippen LogP) is 4.03. The van der Waals surface area contributed by atoms with E-state index in [0.717, 1.165) is 36.3 Å². The zero-order valence-electron chi connectivity index (χ0n) is 20.0. The van der Waals surface area contributed by atoms with Crippen molar-refractivity contribution >= 4 is 27.3 Å². The molecule has 1 fully saturated rings. The first kappa shape index (κ1) is 25.1. The van der Waals surface area contributed by atoms with Gasteiger partial charge in [0, 0.05) is 50.7 Å². The molecule has 2 aromatic rings. The van der Waals surface area contributed by atoms with Crippen LogP contribution in [0.5, 0.6) is 0 Å². The summed E-state index contributed by atoms with van der Waals surface area (Å²) < 4.78 is 33.1. The van der Waals surface area contributed by atoms with E-state index in [4.69, 9.17) is 4.74 Å². The normalized spacial score (nSPS) is 15.9. The Morgan fingerprint density at radius 2 is 1.97 bits per heavy atom. The maximum atomic E-state index is 13.5. The van der Waals surface area contributed by atoms with Crippen molar-refractivity contribution in [1.29, 1.82) is 0 Å². The number of hydrogen-bond donors (Lipinski definition) is 1. The lowest BCUT2D eigenvalue weighted by Crippen LogP contribution is -2.37. The number of benzene rings is 2. The number of carbonyl (C=O) groups excluding carboxylic acids is 1. The molecule has 1 saturated heterocycles. The second kappa shape index (κ2) is 11.0. The molecule has 0 aromatic heterocycles. The summed E-state index contributed by atoms with van der Waals surface area (Å²) in [4.78, 5) is 17.3. The Kier molecular flexibility index (Phi) is 8.37. The molecule has 0 bridgehead atoms. The summed E-state index contributed by atoms with van der Waals surface area (Å²) in [5, 5.41) is 0. The number of nitrogens with one attached hydrogen (secondary N) is 1. The summed E-state index contributed by atoms with van der Waals surface area (Å²) in [6.07, 6.45) is 2.47. The summed E-state index contributed by atoms with van der Waals surface area (Å²) in [7, 11) is 0.464. The summed E-state index contributed by atoms with van der Waals surface area (Å²) in [5.41, 5.74) is 3.97. The number of rotatable bonds is 10. The minimum absolute atomic E-state index is 0.00723. The van der Waals surface area contributed by atoms with Crippen molar-refractivity contribution in [2.45, 2.75) is 45.8 Å². The van der Waals surface area contributed by atoms with Gasteiger partial charge in [0.1, 0.15) is 0 Å². The van der Waals surface area contributed by atoms with Crippen LogP contribution in [0.4, 0.5) is 11.4 Å². The summed E-state index contributed by atoms with van der Waals surface area (Å²) in [6.45, 7) is 5.36. The molecule has 1 heterocycles. The first-order valence-electron chi connectivity index (χ1n) is 11.5. The lowest BCUT2D eigenvalue weighted by molar-refractivity contribution is 0.0507. The van der Waals surface area contributed by atoms with Gasteiger partial charge < -0.3 is 14.5 Å². The van der Waals surface area contributed by atoms with E-state index in [1.807, 2.05) is 74.1 Å². The van der Waals surface area contributed by atoms with Crippen LogP contribution in [0.15, 0.2) is 42.5 Å². The van der Waals surface area contributed by atoms with Crippen molar-refractivity contribution in [1.82, 2.24) is 4.90 Å². The van der Waals surface area contributed by atoms with Crippen LogP contribution >= 0.6 is 0 Å². The molecule has 3 rings (SSSR count). The van der Waals surface area contributed by atoms with E-state index < -0.39 is 10.0 Å². The van der Waals surface area contributed by atoms with Crippen molar-refractivity contribution < 1.29 is 17.9 Å². The molecule has 7 nitrogen and oxygen atoms in total.